The van der Waals surface area contributed by atoms with Gasteiger partial charge in [0.2, 0.25) is 5.95 Å². The van der Waals surface area contributed by atoms with E-state index in [1.807, 2.05) is 35.0 Å². The molecule has 0 aliphatic carbocycles. The van der Waals surface area contributed by atoms with Crippen molar-refractivity contribution in [2.75, 3.05) is 39.3 Å². The van der Waals surface area contributed by atoms with Crippen molar-refractivity contribution in [2.24, 2.45) is 0 Å². The molecular weight excluding hydrogens is 471 g/mol. The number of anilines is 2. The highest BCUT2D eigenvalue weighted by Crippen LogP contribution is 2.39. The molecule has 8 nitrogen and oxygen atoms in total. The highest BCUT2D eigenvalue weighted by molar-refractivity contribution is 7.70. The van der Waals surface area contributed by atoms with E-state index in [-0.39, 0.29) is 11.1 Å². The maximum atomic E-state index is 13.0. The Balaban J connectivity index is 1.58. The minimum absolute atomic E-state index is 0.152. The van der Waals surface area contributed by atoms with Gasteiger partial charge in [0.05, 0.1) is 18.3 Å². The number of nitrogens with zero attached hydrogens (tertiary/aromatic N) is 5. The second-order valence-electron chi connectivity index (χ2n) is 8.94. The van der Waals surface area contributed by atoms with Crippen LogP contribution in [0.2, 0.25) is 5.15 Å². The smallest absolute Gasteiger partial charge is 0.249 e. The first kappa shape index (κ1) is 22.8. The number of ether oxygens (including phenoxy) is 1. The highest BCUT2D eigenvalue weighted by atomic mass is 35.5. The van der Waals surface area contributed by atoms with E-state index in [9.17, 15) is 4.57 Å². The molecule has 10 heteroatoms. The van der Waals surface area contributed by atoms with Gasteiger partial charge in [-0.15, -0.1) is 10.2 Å². The molecule has 0 fully saturated rings. The van der Waals surface area contributed by atoms with Crippen molar-refractivity contribution in [1.82, 2.24) is 24.6 Å². The van der Waals surface area contributed by atoms with Gasteiger partial charge in [-0.2, -0.15) is 4.98 Å². The monoisotopic (exact) mass is 496 g/mol. The molecule has 2 aromatic carbocycles. The molecule has 0 radical (unpaired) electrons. The summed E-state index contributed by atoms with van der Waals surface area (Å²) < 4.78 is 20.4. The lowest BCUT2D eigenvalue weighted by Crippen LogP contribution is -2.26. The molecule has 0 spiro atoms. The van der Waals surface area contributed by atoms with Gasteiger partial charge in [0.15, 0.2) is 11.0 Å². The summed E-state index contributed by atoms with van der Waals surface area (Å²) in [6.45, 7) is 5.40. The first-order chi connectivity index (χ1) is 16.2. The van der Waals surface area contributed by atoms with Gasteiger partial charge in [-0.05, 0) is 56.1 Å². The van der Waals surface area contributed by atoms with Crippen molar-refractivity contribution in [3.05, 3.63) is 58.9 Å². The first-order valence-corrected chi connectivity index (χ1v) is 13.9. The number of para-hydroxylation sites is 1. The number of hydrogen-bond donors (Lipinski definition) is 1. The third-order valence-corrected chi connectivity index (χ3v) is 7.86. The zero-order valence-corrected chi connectivity index (χ0v) is 21.2. The summed E-state index contributed by atoms with van der Waals surface area (Å²) in [7, 11) is 1.22. The number of methoxy groups -OCH3 is 1. The Morgan fingerprint density at radius 3 is 2.71 bits per heavy atom. The predicted octanol–water partition coefficient (Wildman–Crippen LogP) is 4.46. The summed E-state index contributed by atoms with van der Waals surface area (Å²) in [5.41, 5.74) is 4.13. The fourth-order valence-corrected chi connectivity index (χ4v) is 5.73. The summed E-state index contributed by atoms with van der Waals surface area (Å²) in [4.78, 5) is 6.96. The average molecular weight is 497 g/mol. The van der Waals surface area contributed by atoms with Gasteiger partial charge in [0.25, 0.3) is 0 Å². The molecule has 1 aliphatic heterocycles. The predicted molar refractivity (Wildman–Crippen MR) is 137 cm³/mol. The van der Waals surface area contributed by atoms with Gasteiger partial charge in [-0.25, -0.2) is 0 Å². The van der Waals surface area contributed by atoms with E-state index >= 15 is 0 Å². The van der Waals surface area contributed by atoms with Crippen molar-refractivity contribution in [1.29, 1.82) is 0 Å². The fourth-order valence-electron chi connectivity index (χ4n) is 4.39. The van der Waals surface area contributed by atoms with Crippen molar-refractivity contribution in [3.8, 4) is 11.6 Å². The number of hydrogen-bond acceptors (Lipinski definition) is 7. The van der Waals surface area contributed by atoms with Crippen molar-refractivity contribution < 1.29 is 9.30 Å². The maximum Gasteiger partial charge on any atom is 0.249 e. The van der Waals surface area contributed by atoms with Gasteiger partial charge >= 0.3 is 0 Å². The van der Waals surface area contributed by atoms with Crippen LogP contribution in [0.5, 0.6) is 5.75 Å². The van der Waals surface area contributed by atoms with E-state index < -0.39 is 7.14 Å². The van der Waals surface area contributed by atoms with E-state index in [0.29, 0.717) is 5.82 Å². The van der Waals surface area contributed by atoms with Crippen LogP contribution in [0, 0.1) is 0 Å². The standard InChI is InChI=1S/C24H26ClN6O2P/c1-30-10-9-15-12-20(33-2)18(11-16(15)13-30)26-24-27-23(22(25)28-29-24)31-14-21(34(3,4)32)17-7-5-6-8-19(17)31/h5-8,11-12,14H,9-10,13H2,1-4H3,(H,26,27,29). The molecule has 2 aromatic heterocycles. The lowest BCUT2D eigenvalue weighted by Gasteiger charge is -2.26. The van der Waals surface area contributed by atoms with E-state index in [2.05, 4.69) is 44.6 Å². The van der Waals surface area contributed by atoms with E-state index in [0.717, 1.165) is 47.2 Å². The van der Waals surface area contributed by atoms with E-state index in [1.165, 1.54) is 11.1 Å². The van der Waals surface area contributed by atoms with Gasteiger partial charge < -0.3 is 19.5 Å². The van der Waals surface area contributed by atoms with Crippen LogP contribution in [-0.2, 0) is 17.5 Å². The number of benzene rings is 2. The number of aromatic nitrogens is 4. The molecule has 34 heavy (non-hydrogen) atoms. The second-order valence-corrected chi connectivity index (χ2v) is 12.5. The molecular formula is C24H26ClN6O2P. The zero-order chi connectivity index (χ0) is 24.0. The van der Waals surface area contributed by atoms with Gasteiger partial charge in [0, 0.05) is 30.0 Å². The lowest BCUT2D eigenvalue weighted by atomic mass is 9.99. The quantitative estimate of drug-likeness (QED) is 0.408. The van der Waals surface area contributed by atoms with Crippen LogP contribution in [0.25, 0.3) is 16.7 Å². The van der Waals surface area contributed by atoms with Crippen LogP contribution >= 0.6 is 18.7 Å². The molecule has 1 N–H and O–H groups in total. The maximum absolute atomic E-state index is 13.0. The fraction of sp³-hybridized carbons (Fsp3) is 0.292. The SMILES string of the molecule is COc1cc2c(cc1Nc1nnc(Cl)c(-n3cc(P(C)(C)=O)c4ccccc43)n1)CN(C)CC2. The Bertz CT molecular complexity index is 1450. The molecule has 0 bridgehead atoms. The molecule has 1 aliphatic rings. The van der Waals surface area contributed by atoms with Crippen LogP contribution < -0.4 is 15.4 Å². The number of likely N-dealkylation sites (N-methyl/N-ethyl adjacent to an activating group) is 1. The normalized spacial score (nSPS) is 14.3. The van der Waals surface area contributed by atoms with Crippen LogP contribution in [-0.4, -0.2) is 58.7 Å². The second kappa shape index (κ2) is 8.69. The Kier molecular flexibility index (Phi) is 5.84. The number of halogens is 1. The lowest BCUT2D eigenvalue weighted by molar-refractivity contribution is 0.312. The van der Waals surface area contributed by atoms with Crippen molar-refractivity contribution >= 4 is 46.6 Å². The zero-order valence-electron chi connectivity index (χ0n) is 19.5. The minimum Gasteiger partial charge on any atom is -0.495 e. The molecule has 5 rings (SSSR count). The van der Waals surface area contributed by atoms with Crippen LogP contribution in [0.15, 0.2) is 42.6 Å². The van der Waals surface area contributed by atoms with Gasteiger partial charge in [-0.1, -0.05) is 29.8 Å². The summed E-state index contributed by atoms with van der Waals surface area (Å²) in [6.07, 6.45) is 2.81. The van der Waals surface area contributed by atoms with Crippen LogP contribution in [0.3, 0.4) is 0 Å². The van der Waals surface area contributed by atoms with Crippen LogP contribution in [0.1, 0.15) is 11.1 Å². The summed E-state index contributed by atoms with van der Waals surface area (Å²) in [5.74, 6) is 1.42. The number of fused-ring (bicyclic) bond motifs is 2. The third-order valence-electron chi connectivity index (χ3n) is 6.10. The molecule has 4 aromatic rings. The van der Waals surface area contributed by atoms with Gasteiger partial charge in [0.1, 0.15) is 12.9 Å². The average Bonchev–Trinajstić information content (AvgIpc) is 3.20. The van der Waals surface area contributed by atoms with E-state index in [1.54, 1.807) is 20.4 Å². The van der Waals surface area contributed by atoms with E-state index in [4.69, 9.17) is 16.3 Å². The Morgan fingerprint density at radius 1 is 1.15 bits per heavy atom. The summed E-state index contributed by atoms with van der Waals surface area (Å²) >= 11 is 6.44. The molecule has 0 saturated heterocycles. The Labute approximate surface area is 203 Å². The minimum atomic E-state index is -2.54. The topological polar surface area (TPSA) is 85.2 Å². The van der Waals surface area contributed by atoms with Crippen LogP contribution in [0.4, 0.5) is 11.6 Å². The summed E-state index contributed by atoms with van der Waals surface area (Å²) in [5, 5.41) is 13.4. The first-order valence-electron chi connectivity index (χ1n) is 11.0. The Morgan fingerprint density at radius 2 is 1.94 bits per heavy atom. The highest BCUT2D eigenvalue weighted by Gasteiger charge is 2.22. The largest absolute Gasteiger partial charge is 0.495 e. The number of rotatable bonds is 5. The Hall–Kier alpha value is -2.93. The summed E-state index contributed by atoms with van der Waals surface area (Å²) in [6, 6.07) is 11.9. The third kappa shape index (κ3) is 4.17. The van der Waals surface area contributed by atoms with Crippen molar-refractivity contribution in [2.45, 2.75) is 13.0 Å². The molecule has 0 unspecified atom stereocenters. The van der Waals surface area contributed by atoms with Gasteiger partial charge in [-0.3, -0.25) is 4.57 Å². The molecule has 176 valence electrons. The molecule has 3 heterocycles. The molecule has 0 atom stereocenters. The number of nitrogens with one attached hydrogen (secondary N) is 1. The molecule has 0 saturated carbocycles. The molecule has 0 amide bonds. The van der Waals surface area contributed by atoms with Crippen molar-refractivity contribution in [3.63, 3.8) is 0 Å².